The third-order valence-corrected chi connectivity index (χ3v) is 6.76. The molecule has 2 rings (SSSR count). The quantitative estimate of drug-likeness (QED) is 0.784. The molecule has 0 radical (unpaired) electrons. The zero-order valence-corrected chi connectivity index (χ0v) is 17.4. The molecule has 0 aliphatic heterocycles. The standard InChI is InChI=1S/C21H28N2O3S/c1-6-23(7-2)27(25,26)19-11-9-18(10-12-19)17(5)22-21(24)20-13-8-15(3)14-16(20)4/h8-14,17H,6-7H2,1-5H3,(H,22,24). The molecule has 0 spiro atoms. The maximum Gasteiger partial charge on any atom is 0.252 e. The van der Waals surface area contributed by atoms with Crippen LogP contribution in [0.1, 0.15) is 53.9 Å². The summed E-state index contributed by atoms with van der Waals surface area (Å²) in [5.74, 6) is -0.139. The Morgan fingerprint density at radius 2 is 1.63 bits per heavy atom. The van der Waals surface area contributed by atoms with Crippen molar-refractivity contribution in [2.24, 2.45) is 0 Å². The molecule has 1 atom stereocenters. The second-order valence-corrected chi connectivity index (χ2v) is 8.61. The highest BCUT2D eigenvalue weighted by atomic mass is 32.2. The number of nitrogens with one attached hydrogen (secondary N) is 1. The number of sulfonamides is 1. The van der Waals surface area contributed by atoms with Crippen LogP contribution in [0, 0.1) is 13.8 Å². The van der Waals surface area contributed by atoms with Gasteiger partial charge in [0.15, 0.2) is 0 Å². The summed E-state index contributed by atoms with van der Waals surface area (Å²) in [5, 5.41) is 2.98. The van der Waals surface area contributed by atoms with Crippen molar-refractivity contribution in [3.8, 4) is 0 Å². The lowest BCUT2D eigenvalue weighted by molar-refractivity contribution is 0.0939. The Balaban J connectivity index is 2.16. The van der Waals surface area contributed by atoms with Gasteiger partial charge in [-0.3, -0.25) is 4.79 Å². The molecule has 0 aliphatic rings. The normalized spacial score (nSPS) is 12.8. The second kappa shape index (κ2) is 8.67. The lowest BCUT2D eigenvalue weighted by atomic mass is 10.0. The summed E-state index contributed by atoms with van der Waals surface area (Å²) in [4.78, 5) is 12.8. The molecule has 0 heterocycles. The van der Waals surface area contributed by atoms with Crippen molar-refractivity contribution in [2.45, 2.75) is 45.6 Å². The lowest BCUT2D eigenvalue weighted by Crippen LogP contribution is -2.30. The maximum atomic E-state index is 12.6. The smallest absolute Gasteiger partial charge is 0.252 e. The summed E-state index contributed by atoms with van der Waals surface area (Å²) in [6, 6.07) is 12.2. The van der Waals surface area contributed by atoms with E-state index in [2.05, 4.69) is 5.32 Å². The summed E-state index contributed by atoms with van der Waals surface area (Å²) in [6.45, 7) is 10.3. The third-order valence-electron chi connectivity index (χ3n) is 4.70. The molecule has 0 bridgehead atoms. The molecule has 146 valence electrons. The van der Waals surface area contributed by atoms with Crippen LogP contribution in [0.5, 0.6) is 0 Å². The van der Waals surface area contributed by atoms with E-state index >= 15 is 0 Å². The molecule has 1 N–H and O–H groups in total. The van der Waals surface area contributed by atoms with Gasteiger partial charge in [-0.05, 0) is 50.1 Å². The molecule has 1 amide bonds. The Bertz CT molecular complexity index is 902. The number of carbonyl (C=O) groups excluding carboxylic acids is 1. The van der Waals surface area contributed by atoms with Gasteiger partial charge in [0, 0.05) is 18.7 Å². The van der Waals surface area contributed by atoms with Gasteiger partial charge >= 0.3 is 0 Å². The van der Waals surface area contributed by atoms with Crippen molar-refractivity contribution in [2.75, 3.05) is 13.1 Å². The first kappa shape index (κ1) is 21.1. The van der Waals surface area contributed by atoms with E-state index < -0.39 is 10.0 Å². The first-order valence-corrected chi connectivity index (χ1v) is 10.6. The molecule has 2 aromatic rings. The Morgan fingerprint density at radius 3 is 2.15 bits per heavy atom. The van der Waals surface area contributed by atoms with Crippen LogP contribution in [0.2, 0.25) is 0 Å². The molecule has 1 unspecified atom stereocenters. The Hall–Kier alpha value is -2.18. The van der Waals surface area contributed by atoms with E-state index in [1.165, 1.54) is 4.31 Å². The number of amides is 1. The van der Waals surface area contributed by atoms with Gasteiger partial charge in [0.25, 0.3) is 5.91 Å². The van der Waals surface area contributed by atoms with Crippen molar-refractivity contribution in [1.82, 2.24) is 9.62 Å². The van der Waals surface area contributed by atoms with E-state index in [9.17, 15) is 13.2 Å². The molecule has 0 aromatic heterocycles. The van der Waals surface area contributed by atoms with Crippen LogP contribution >= 0.6 is 0 Å². The Labute approximate surface area is 162 Å². The van der Waals surface area contributed by atoms with E-state index in [1.54, 1.807) is 24.3 Å². The van der Waals surface area contributed by atoms with Crippen LogP contribution in [0.3, 0.4) is 0 Å². The summed E-state index contributed by atoms with van der Waals surface area (Å²) in [5.41, 5.74) is 3.54. The van der Waals surface area contributed by atoms with Gasteiger partial charge in [-0.25, -0.2) is 8.42 Å². The largest absolute Gasteiger partial charge is 0.346 e. The first-order valence-electron chi connectivity index (χ1n) is 9.18. The molecular formula is C21H28N2O3S. The van der Waals surface area contributed by atoms with E-state index in [4.69, 9.17) is 0 Å². The summed E-state index contributed by atoms with van der Waals surface area (Å²) >= 11 is 0. The van der Waals surface area contributed by atoms with Crippen LogP contribution < -0.4 is 5.32 Å². The molecule has 27 heavy (non-hydrogen) atoms. The Morgan fingerprint density at radius 1 is 1.04 bits per heavy atom. The van der Waals surface area contributed by atoms with Crippen LogP contribution in [-0.4, -0.2) is 31.7 Å². The SMILES string of the molecule is CCN(CC)S(=O)(=O)c1ccc(C(C)NC(=O)c2ccc(C)cc2C)cc1. The topological polar surface area (TPSA) is 66.5 Å². The summed E-state index contributed by atoms with van der Waals surface area (Å²) in [6.07, 6.45) is 0. The highest BCUT2D eigenvalue weighted by molar-refractivity contribution is 7.89. The van der Waals surface area contributed by atoms with Crippen LogP contribution in [-0.2, 0) is 10.0 Å². The monoisotopic (exact) mass is 388 g/mol. The van der Waals surface area contributed by atoms with Gasteiger partial charge < -0.3 is 5.32 Å². The number of hydrogen-bond donors (Lipinski definition) is 1. The predicted octanol–water partition coefficient (Wildman–Crippen LogP) is 3.82. The number of nitrogens with zero attached hydrogens (tertiary/aromatic N) is 1. The maximum absolute atomic E-state index is 12.6. The van der Waals surface area contributed by atoms with Crippen LogP contribution in [0.15, 0.2) is 47.4 Å². The zero-order chi connectivity index (χ0) is 20.2. The van der Waals surface area contributed by atoms with E-state index in [0.717, 1.165) is 16.7 Å². The minimum atomic E-state index is -3.47. The van der Waals surface area contributed by atoms with E-state index in [1.807, 2.05) is 52.8 Å². The number of rotatable bonds is 7. The number of hydrogen-bond acceptors (Lipinski definition) is 3. The second-order valence-electron chi connectivity index (χ2n) is 6.67. The molecule has 0 fully saturated rings. The first-order chi connectivity index (χ1) is 12.7. The predicted molar refractivity (Wildman–Crippen MR) is 108 cm³/mol. The zero-order valence-electron chi connectivity index (χ0n) is 16.6. The number of aryl methyl sites for hydroxylation is 2. The van der Waals surface area contributed by atoms with Gasteiger partial charge in [0.1, 0.15) is 0 Å². The van der Waals surface area contributed by atoms with Crippen molar-refractivity contribution >= 4 is 15.9 Å². The van der Waals surface area contributed by atoms with Crippen molar-refractivity contribution < 1.29 is 13.2 Å². The molecule has 0 saturated heterocycles. The van der Waals surface area contributed by atoms with Gasteiger partial charge in [-0.2, -0.15) is 4.31 Å². The van der Waals surface area contributed by atoms with Gasteiger partial charge in [0.2, 0.25) is 10.0 Å². The van der Waals surface area contributed by atoms with Gasteiger partial charge in [-0.15, -0.1) is 0 Å². The minimum absolute atomic E-state index is 0.139. The van der Waals surface area contributed by atoms with E-state index in [0.29, 0.717) is 18.7 Å². The summed E-state index contributed by atoms with van der Waals surface area (Å²) in [7, 11) is -3.47. The van der Waals surface area contributed by atoms with Crippen molar-refractivity contribution in [3.05, 3.63) is 64.7 Å². The average Bonchev–Trinajstić information content (AvgIpc) is 2.62. The molecule has 5 nitrogen and oxygen atoms in total. The molecule has 0 aliphatic carbocycles. The number of benzene rings is 2. The highest BCUT2D eigenvalue weighted by Gasteiger charge is 2.22. The van der Waals surface area contributed by atoms with Crippen LogP contribution in [0.4, 0.5) is 0 Å². The fourth-order valence-electron chi connectivity index (χ4n) is 3.07. The fourth-order valence-corrected chi connectivity index (χ4v) is 4.53. The van der Waals surface area contributed by atoms with Crippen molar-refractivity contribution in [3.63, 3.8) is 0 Å². The average molecular weight is 389 g/mol. The molecule has 2 aromatic carbocycles. The molecular weight excluding hydrogens is 360 g/mol. The lowest BCUT2D eigenvalue weighted by Gasteiger charge is -2.19. The third kappa shape index (κ3) is 4.76. The number of carbonyl (C=O) groups is 1. The minimum Gasteiger partial charge on any atom is -0.346 e. The van der Waals surface area contributed by atoms with E-state index in [-0.39, 0.29) is 16.8 Å². The fraction of sp³-hybridized carbons (Fsp3) is 0.381. The molecule has 6 heteroatoms. The molecule has 0 saturated carbocycles. The Kier molecular flexibility index (Phi) is 6.78. The highest BCUT2D eigenvalue weighted by Crippen LogP contribution is 2.20. The van der Waals surface area contributed by atoms with Crippen molar-refractivity contribution in [1.29, 1.82) is 0 Å². The summed E-state index contributed by atoms with van der Waals surface area (Å²) < 4.78 is 26.5. The van der Waals surface area contributed by atoms with Gasteiger partial charge in [-0.1, -0.05) is 43.7 Å². The van der Waals surface area contributed by atoms with Gasteiger partial charge in [0.05, 0.1) is 10.9 Å². The van der Waals surface area contributed by atoms with Crippen LogP contribution in [0.25, 0.3) is 0 Å².